The molecule has 0 saturated carbocycles. The van der Waals surface area contributed by atoms with E-state index in [2.05, 4.69) is 5.32 Å². The maximum Gasteiger partial charge on any atom is 0.311 e. The summed E-state index contributed by atoms with van der Waals surface area (Å²) >= 11 is 0. The van der Waals surface area contributed by atoms with E-state index < -0.39 is 11.8 Å². The van der Waals surface area contributed by atoms with Crippen LogP contribution in [0.5, 0.6) is 5.75 Å². The topological polar surface area (TPSA) is 38.3 Å². The zero-order valence-corrected chi connectivity index (χ0v) is 10.6. The predicted molar refractivity (Wildman–Crippen MR) is 65.7 cm³/mol. The molecule has 1 aromatic rings. The van der Waals surface area contributed by atoms with Gasteiger partial charge in [0, 0.05) is 12.0 Å². The van der Waals surface area contributed by atoms with E-state index >= 15 is 0 Å². The van der Waals surface area contributed by atoms with E-state index in [0.29, 0.717) is 5.69 Å². The van der Waals surface area contributed by atoms with Gasteiger partial charge in [-0.3, -0.25) is 4.79 Å². The van der Waals surface area contributed by atoms with Crippen molar-refractivity contribution in [1.82, 2.24) is 0 Å². The highest BCUT2D eigenvalue weighted by Crippen LogP contribution is 2.30. The van der Waals surface area contributed by atoms with E-state index in [0.717, 1.165) is 0 Å². The van der Waals surface area contributed by atoms with E-state index in [1.807, 2.05) is 20.8 Å². The molecule has 0 aliphatic heterocycles. The molecule has 17 heavy (non-hydrogen) atoms. The molecule has 0 spiro atoms. The van der Waals surface area contributed by atoms with Crippen LogP contribution in [-0.2, 0) is 4.79 Å². The zero-order chi connectivity index (χ0) is 13.1. The summed E-state index contributed by atoms with van der Waals surface area (Å²) in [4.78, 5) is 11.2. The second-order valence-electron chi connectivity index (χ2n) is 4.82. The van der Waals surface area contributed by atoms with Gasteiger partial charge in [-0.25, -0.2) is 4.39 Å². The maximum atomic E-state index is 13.6. The first kappa shape index (κ1) is 13.5. The quantitative estimate of drug-likeness (QED) is 0.649. The minimum Gasteiger partial charge on any atom is -0.421 e. The van der Waals surface area contributed by atoms with Gasteiger partial charge in [0.1, 0.15) is 0 Å². The summed E-state index contributed by atoms with van der Waals surface area (Å²) in [6.07, 6.45) is 0.212. The minimum absolute atomic E-state index is 0.0331. The second kappa shape index (κ2) is 5.17. The molecular formula is C13H18FNO2. The molecule has 94 valence electrons. The normalized spacial score (nSPS) is 11.1. The van der Waals surface area contributed by atoms with Crippen molar-refractivity contribution in [3.63, 3.8) is 0 Å². The van der Waals surface area contributed by atoms with Gasteiger partial charge in [-0.05, 0) is 32.9 Å². The van der Waals surface area contributed by atoms with Crippen LogP contribution in [-0.4, -0.2) is 11.5 Å². The van der Waals surface area contributed by atoms with Crippen molar-refractivity contribution in [1.29, 1.82) is 0 Å². The lowest BCUT2D eigenvalue weighted by atomic mass is 10.1. The lowest BCUT2D eigenvalue weighted by Gasteiger charge is -2.23. The van der Waals surface area contributed by atoms with Crippen LogP contribution in [0.4, 0.5) is 10.1 Å². The van der Waals surface area contributed by atoms with Gasteiger partial charge >= 0.3 is 5.97 Å². The third kappa shape index (κ3) is 4.06. The SMILES string of the molecule is CCC(=O)Oc1c(F)cccc1NC(C)(C)C. The minimum atomic E-state index is -0.541. The predicted octanol–water partition coefficient (Wildman–Crippen LogP) is 3.35. The van der Waals surface area contributed by atoms with Crippen LogP contribution in [0.1, 0.15) is 34.1 Å². The van der Waals surface area contributed by atoms with Crippen LogP contribution >= 0.6 is 0 Å². The van der Waals surface area contributed by atoms with Gasteiger partial charge in [-0.1, -0.05) is 13.0 Å². The molecule has 0 aliphatic carbocycles. The third-order valence-corrected chi connectivity index (χ3v) is 1.98. The second-order valence-corrected chi connectivity index (χ2v) is 4.82. The Morgan fingerprint density at radius 2 is 2.06 bits per heavy atom. The van der Waals surface area contributed by atoms with E-state index in [-0.39, 0.29) is 17.7 Å². The fourth-order valence-corrected chi connectivity index (χ4v) is 1.30. The number of nitrogens with one attached hydrogen (secondary N) is 1. The number of halogens is 1. The lowest BCUT2D eigenvalue weighted by Crippen LogP contribution is -2.26. The fourth-order valence-electron chi connectivity index (χ4n) is 1.30. The summed E-state index contributed by atoms with van der Waals surface area (Å²) in [7, 11) is 0. The van der Waals surface area contributed by atoms with Crippen molar-refractivity contribution in [2.75, 3.05) is 5.32 Å². The Labute approximate surface area is 101 Å². The van der Waals surface area contributed by atoms with Crippen molar-refractivity contribution >= 4 is 11.7 Å². The number of para-hydroxylation sites is 1. The summed E-state index contributed by atoms with van der Waals surface area (Å²) in [6, 6.07) is 4.53. The molecule has 0 bridgehead atoms. The number of anilines is 1. The van der Waals surface area contributed by atoms with Gasteiger partial charge < -0.3 is 10.1 Å². The van der Waals surface area contributed by atoms with E-state index in [1.165, 1.54) is 6.07 Å². The largest absolute Gasteiger partial charge is 0.421 e. The van der Waals surface area contributed by atoms with Gasteiger partial charge in [0.2, 0.25) is 0 Å². The Bertz CT molecular complexity index is 410. The van der Waals surface area contributed by atoms with Crippen molar-refractivity contribution in [2.24, 2.45) is 0 Å². The Morgan fingerprint density at radius 3 is 2.59 bits per heavy atom. The smallest absolute Gasteiger partial charge is 0.311 e. The van der Waals surface area contributed by atoms with Crippen LogP contribution in [0, 0.1) is 5.82 Å². The number of rotatable bonds is 3. The maximum absolute atomic E-state index is 13.6. The molecule has 0 amide bonds. The van der Waals surface area contributed by atoms with Crippen LogP contribution < -0.4 is 10.1 Å². The molecule has 0 unspecified atom stereocenters. The van der Waals surface area contributed by atoms with Crippen molar-refractivity contribution in [3.8, 4) is 5.75 Å². The summed E-state index contributed by atoms with van der Waals surface area (Å²) in [5.74, 6) is -1.03. The summed E-state index contributed by atoms with van der Waals surface area (Å²) < 4.78 is 18.6. The molecule has 0 aromatic heterocycles. The highest BCUT2D eigenvalue weighted by atomic mass is 19.1. The number of carbonyl (C=O) groups excluding carboxylic acids is 1. The first-order valence-corrected chi connectivity index (χ1v) is 5.61. The number of hydrogen-bond donors (Lipinski definition) is 1. The number of esters is 1. The van der Waals surface area contributed by atoms with Crippen LogP contribution in [0.3, 0.4) is 0 Å². The average Bonchev–Trinajstić information content (AvgIpc) is 2.20. The highest BCUT2D eigenvalue weighted by Gasteiger charge is 2.17. The number of carbonyl (C=O) groups is 1. The zero-order valence-electron chi connectivity index (χ0n) is 10.6. The summed E-state index contributed by atoms with van der Waals surface area (Å²) in [5.41, 5.74) is 0.251. The van der Waals surface area contributed by atoms with Gasteiger partial charge in [-0.2, -0.15) is 0 Å². The van der Waals surface area contributed by atoms with Gasteiger partial charge in [0.15, 0.2) is 11.6 Å². The summed E-state index contributed by atoms with van der Waals surface area (Å²) in [6.45, 7) is 7.51. The van der Waals surface area contributed by atoms with Crippen LogP contribution in [0.2, 0.25) is 0 Å². The van der Waals surface area contributed by atoms with Crippen molar-refractivity contribution in [3.05, 3.63) is 24.0 Å². The third-order valence-electron chi connectivity index (χ3n) is 1.98. The molecule has 1 rings (SSSR count). The van der Waals surface area contributed by atoms with E-state index in [9.17, 15) is 9.18 Å². The molecule has 1 aromatic carbocycles. The first-order valence-electron chi connectivity index (χ1n) is 5.61. The molecule has 4 heteroatoms. The van der Waals surface area contributed by atoms with Gasteiger partial charge in [0.25, 0.3) is 0 Å². The Hall–Kier alpha value is -1.58. The van der Waals surface area contributed by atoms with Crippen LogP contribution in [0.15, 0.2) is 18.2 Å². The standard InChI is InChI=1S/C13H18FNO2/c1-5-11(16)17-12-9(14)7-6-8-10(12)15-13(2,3)4/h6-8,15H,5H2,1-4H3. The first-order chi connectivity index (χ1) is 7.83. The summed E-state index contributed by atoms with van der Waals surface area (Å²) in [5, 5.41) is 3.10. The van der Waals surface area contributed by atoms with E-state index in [1.54, 1.807) is 19.1 Å². The Morgan fingerprint density at radius 1 is 1.41 bits per heavy atom. The van der Waals surface area contributed by atoms with Crippen molar-refractivity contribution in [2.45, 2.75) is 39.7 Å². The van der Waals surface area contributed by atoms with Gasteiger partial charge in [-0.15, -0.1) is 0 Å². The molecule has 1 N–H and O–H groups in total. The highest BCUT2D eigenvalue weighted by molar-refractivity contribution is 5.75. The molecule has 0 radical (unpaired) electrons. The number of ether oxygens (including phenoxy) is 1. The number of hydrogen-bond acceptors (Lipinski definition) is 3. The molecular weight excluding hydrogens is 221 g/mol. The monoisotopic (exact) mass is 239 g/mol. The molecule has 0 saturated heterocycles. The Kier molecular flexibility index (Phi) is 4.10. The van der Waals surface area contributed by atoms with Crippen molar-refractivity contribution < 1.29 is 13.9 Å². The molecule has 0 fully saturated rings. The van der Waals surface area contributed by atoms with Gasteiger partial charge in [0.05, 0.1) is 5.69 Å². The average molecular weight is 239 g/mol. The molecule has 3 nitrogen and oxygen atoms in total. The molecule has 0 heterocycles. The number of benzene rings is 1. The van der Waals surface area contributed by atoms with Crippen LogP contribution in [0.25, 0.3) is 0 Å². The fraction of sp³-hybridized carbons (Fsp3) is 0.462. The Balaban J connectivity index is 3.04. The van der Waals surface area contributed by atoms with E-state index in [4.69, 9.17) is 4.74 Å². The molecule has 0 atom stereocenters. The molecule has 0 aliphatic rings. The lowest BCUT2D eigenvalue weighted by molar-refractivity contribution is -0.134.